The van der Waals surface area contributed by atoms with Gasteiger partial charge in [0, 0.05) is 22.3 Å². The summed E-state index contributed by atoms with van der Waals surface area (Å²) in [5.41, 5.74) is 1.95. The highest BCUT2D eigenvalue weighted by molar-refractivity contribution is 7.80. The third kappa shape index (κ3) is 5.56. The van der Waals surface area contributed by atoms with E-state index in [1.807, 2.05) is 12.1 Å². The van der Waals surface area contributed by atoms with Crippen LogP contribution in [0.1, 0.15) is 12.0 Å². The van der Waals surface area contributed by atoms with E-state index in [-0.39, 0.29) is 29.9 Å². The van der Waals surface area contributed by atoms with Gasteiger partial charge in [0.15, 0.2) is 16.6 Å². The minimum Gasteiger partial charge on any atom is -0.493 e. The highest BCUT2D eigenvalue weighted by atomic mass is 35.5. The Hall–Kier alpha value is -3.33. The van der Waals surface area contributed by atoms with E-state index in [4.69, 9.17) is 44.9 Å². The van der Waals surface area contributed by atoms with Gasteiger partial charge in [-0.2, -0.15) is 0 Å². The van der Waals surface area contributed by atoms with E-state index in [2.05, 4.69) is 5.32 Å². The van der Waals surface area contributed by atoms with Crippen LogP contribution in [0.2, 0.25) is 10.0 Å². The Bertz CT molecular complexity index is 1300. The first-order chi connectivity index (χ1) is 17.3. The molecule has 4 rings (SSSR count). The lowest BCUT2D eigenvalue weighted by Crippen LogP contribution is -2.37. The molecular weight excluding hydrogens is 521 g/mol. The summed E-state index contributed by atoms with van der Waals surface area (Å²) >= 11 is 17.8. The standard InChI is InChI=1S/C26H23Cl2N3O4S/c1-34-22-11-6-16(12-23(22)35-2)15-30-21(14-24(32)29-19-5-3-4-18(28)13-19)25(33)31(26(30)36)20-9-7-17(27)8-10-20/h3-13,21H,14-15H2,1-2H3,(H,29,32)/t21-/m0/s1. The molecule has 1 aliphatic heterocycles. The van der Waals surface area contributed by atoms with Gasteiger partial charge in [0.2, 0.25) is 5.91 Å². The van der Waals surface area contributed by atoms with Crippen molar-refractivity contribution in [3.05, 3.63) is 82.3 Å². The molecule has 3 aromatic carbocycles. The van der Waals surface area contributed by atoms with Gasteiger partial charge in [-0.05, 0) is 72.4 Å². The van der Waals surface area contributed by atoms with Crippen LogP contribution in [0.15, 0.2) is 66.7 Å². The highest BCUT2D eigenvalue weighted by Crippen LogP contribution is 2.32. The van der Waals surface area contributed by atoms with Gasteiger partial charge in [0.1, 0.15) is 6.04 Å². The summed E-state index contributed by atoms with van der Waals surface area (Å²) in [6, 6.07) is 18.3. The van der Waals surface area contributed by atoms with Gasteiger partial charge >= 0.3 is 0 Å². The van der Waals surface area contributed by atoms with Crippen molar-refractivity contribution < 1.29 is 19.1 Å². The molecule has 1 heterocycles. The van der Waals surface area contributed by atoms with Crippen LogP contribution in [0.4, 0.5) is 11.4 Å². The van der Waals surface area contributed by atoms with Crippen LogP contribution >= 0.6 is 35.4 Å². The second-order valence-electron chi connectivity index (χ2n) is 8.03. The van der Waals surface area contributed by atoms with Crippen LogP contribution in [0.25, 0.3) is 0 Å². The lowest BCUT2D eigenvalue weighted by atomic mass is 10.1. The molecule has 0 saturated carbocycles. The van der Waals surface area contributed by atoms with E-state index >= 15 is 0 Å². The first kappa shape index (κ1) is 25.8. The molecule has 1 fully saturated rings. The quantitative estimate of drug-likeness (QED) is 0.376. The van der Waals surface area contributed by atoms with Gasteiger partial charge in [0.05, 0.1) is 26.3 Å². The van der Waals surface area contributed by atoms with Crippen molar-refractivity contribution in [1.29, 1.82) is 0 Å². The van der Waals surface area contributed by atoms with Gasteiger partial charge in [-0.15, -0.1) is 0 Å². The highest BCUT2D eigenvalue weighted by Gasteiger charge is 2.44. The van der Waals surface area contributed by atoms with Crippen molar-refractivity contribution in [3.8, 4) is 11.5 Å². The Kier molecular flexibility index (Phi) is 7.98. The van der Waals surface area contributed by atoms with Gasteiger partial charge in [0.25, 0.3) is 5.91 Å². The third-order valence-corrected chi connectivity index (χ3v) is 6.60. The molecular formula is C26H23Cl2N3O4S. The third-order valence-electron chi connectivity index (χ3n) is 5.69. The first-order valence-electron chi connectivity index (χ1n) is 11.0. The summed E-state index contributed by atoms with van der Waals surface area (Å²) in [6.45, 7) is 0.282. The second kappa shape index (κ2) is 11.2. The van der Waals surface area contributed by atoms with E-state index in [1.54, 1.807) is 73.7 Å². The van der Waals surface area contributed by atoms with Crippen molar-refractivity contribution >= 4 is 63.7 Å². The van der Waals surface area contributed by atoms with Crippen LogP contribution in [-0.4, -0.2) is 42.1 Å². The molecule has 0 unspecified atom stereocenters. The molecule has 1 atom stereocenters. The fraction of sp³-hybridized carbons (Fsp3) is 0.192. The normalized spacial score (nSPS) is 15.3. The van der Waals surface area contributed by atoms with Crippen LogP contribution in [-0.2, 0) is 16.1 Å². The summed E-state index contributed by atoms with van der Waals surface area (Å²) < 4.78 is 10.7. The average Bonchev–Trinajstić information content (AvgIpc) is 3.08. The zero-order valence-electron chi connectivity index (χ0n) is 19.5. The van der Waals surface area contributed by atoms with Gasteiger partial charge in [-0.25, -0.2) is 0 Å². The lowest BCUT2D eigenvalue weighted by molar-refractivity contribution is -0.124. The number of halogens is 2. The smallest absolute Gasteiger partial charge is 0.256 e. The molecule has 1 N–H and O–H groups in total. The monoisotopic (exact) mass is 543 g/mol. The number of ether oxygens (including phenoxy) is 2. The second-order valence-corrected chi connectivity index (χ2v) is 9.27. The molecule has 0 spiro atoms. The predicted molar refractivity (Wildman–Crippen MR) is 145 cm³/mol. The number of hydrogen-bond acceptors (Lipinski definition) is 5. The summed E-state index contributed by atoms with van der Waals surface area (Å²) in [7, 11) is 3.11. The van der Waals surface area contributed by atoms with Crippen LogP contribution in [0.5, 0.6) is 11.5 Å². The molecule has 1 saturated heterocycles. The topological polar surface area (TPSA) is 71.1 Å². The zero-order valence-corrected chi connectivity index (χ0v) is 21.9. The number of nitrogens with zero attached hydrogens (tertiary/aromatic N) is 2. The predicted octanol–water partition coefficient (Wildman–Crippen LogP) is 5.54. The first-order valence-corrected chi connectivity index (χ1v) is 12.1. The molecule has 0 radical (unpaired) electrons. The molecule has 2 amide bonds. The number of carbonyl (C=O) groups is 2. The maximum atomic E-state index is 13.6. The molecule has 0 aromatic heterocycles. The number of rotatable bonds is 8. The number of anilines is 2. The summed E-state index contributed by atoms with van der Waals surface area (Å²) in [6.07, 6.45) is -0.108. The van der Waals surface area contributed by atoms with Gasteiger partial charge in [-0.3, -0.25) is 14.5 Å². The van der Waals surface area contributed by atoms with Crippen molar-refractivity contribution in [2.75, 3.05) is 24.4 Å². The number of benzene rings is 3. The number of nitrogens with one attached hydrogen (secondary N) is 1. The Balaban J connectivity index is 1.63. The Labute approximate surface area is 224 Å². The molecule has 7 nitrogen and oxygen atoms in total. The number of hydrogen-bond donors (Lipinski definition) is 1. The summed E-state index contributed by atoms with van der Waals surface area (Å²) in [5.74, 6) is 0.496. The number of thiocarbonyl (C=S) groups is 1. The van der Waals surface area contributed by atoms with Crippen LogP contribution < -0.4 is 19.7 Å². The van der Waals surface area contributed by atoms with Crippen molar-refractivity contribution in [2.24, 2.45) is 0 Å². The fourth-order valence-electron chi connectivity index (χ4n) is 3.97. The van der Waals surface area contributed by atoms with E-state index < -0.39 is 6.04 Å². The van der Waals surface area contributed by atoms with Crippen molar-refractivity contribution in [3.63, 3.8) is 0 Å². The Morgan fingerprint density at radius 3 is 2.36 bits per heavy atom. The van der Waals surface area contributed by atoms with Crippen molar-refractivity contribution in [2.45, 2.75) is 19.0 Å². The zero-order chi connectivity index (χ0) is 25.8. The van der Waals surface area contributed by atoms with Gasteiger partial charge in [-0.1, -0.05) is 35.3 Å². The molecule has 186 valence electrons. The Morgan fingerprint density at radius 2 is 1.69 bits per heavy atom. The number of amides is 2. The molecule has 10 heteroatoms. The van der Waals surface area contributed by atoms with Gasteiger partial charge < -0.3 is 19.7 Å². The fourth-order valence-corrected chi connectivity index (χ4v) is 4.67. The summed E-state index contributed by atoms with van der Waals surface area (Å²) in [4.78, 5) is 29.7. The van der Waals surface area contributed by atoms with E-state index in [1.165, 1.54) is 4.90 Å². The SMILES string of the molecule is COc1ccc(CN2C(=S)N(c3ccc(Cl)cc3)C(=O)[C@@H]2CC(=O)Nc2cccc(Cl)c2)cc1OC. The molecule has 3 aromatic rings. The maximum absolute atomic E-state index is 13.6. The van der Waals surface area contributed by atoms with Crippen LogP contribution in [0, 0.1) is 0 Å². The minimum atomic E-state index is -0.819. The van der Waals surface area contributed by atoms with Crippen molar-refractivity contribution in [1.82, 2.24) is 4.90 Å². The maximum Gasteiger partial charge on any atom is 0.256 e. The van der Waals surface area contributed by atoms with E-state index in [0.717, 1.165) is 5.56 Å². The lowest BCUT2D eigenvalue weighted by Gasteiger charge is -2.24. The number of carbonyl (C=O) groups excluding carboxylic acids is 2. The molecule has 0 bridgehead atoms. The molecule has 36 heavy (non-hydrogen) atoms. The largest absolute Gasteiger partial charge is 0.493 e. The average molecular weight is 544 g/mol. The van der Waals surface area contributed by atoms with E-state index in [9.17, 15) is 9.59 Å². The summed E-state index contributed by atoms with van der Waals surface area (Å²) in [5, 5.41) is 4.13. The van der Waals surface area contributed by atoms with Crippen LogP contribution in [0.3, 0.4) is 0 Å². The number of methoxy groups -OCH3 is 2. The molecule has 0 aliphatic carbocycles. The molecule has 1 aliphatic rings. The van der Waals surface area contributed by atoms with E-state index in [0.29, 0.717) is 32.9 Å². The minimum absolute atomic E-state index is 0.108. The Morgan fingerprint density at radius 1 is 0.972 bits per heavy atom.